The van der Waals surface area contributed by atoms with Crippen LogP contribution in [0, 0.1) is 16.0 Å². The summed E-state index contributed by atoms with van der Waals surface area (Å²) in [5.74, 6) is 0.540. The molecule has 1 aliphatic carbocycles. The van der Waals surface area contributed by atoms with Crippen LogP contribution in [0.25, 0.3) is 0 Å². The molecule has 0 spiro atoms. The molecule has 1 heterocycles. The monoisotopic (exact) mass is 346 g/mol. The van der Waals surface area contributed by atoms with Crippen LogP contribution in [0.4, 0.5) is 5.69 Å². The van der Waals surface area contributed by atoms with Gasteiger partial charge in [0.2, 0.25) is 0 Å². The van der Waals surface area contributed by atoms with E-state index >= 15 is 0 Å². The van der Waals surface area contributed by atoms with Crippen LogP contribution in [0.3, 0.4) is 0 Å². The first-order chi connectivity index (χ1) is 12.0. The number of nitro groups is 1. The summed E-state index contributed by atoms with van der Waals surface area (Å²) in [6.07, 6.45) is 3.53. The van der Waals surface area contributed by atoms with Crippen molar-refractivity contribution in [3.63, 3.8) is 0 Å². The zero-order valence-corrected chi connectivity index (χ0v) is 14.2. The molecule has 0 N–H and O–H groups in total. The van der Waals surface area contributed by atoms with Crippen LogP contribution < -0.4 is 4.74 Å². The number of ether oxygens (including phenoxy) is 1. The summed E-state index contributed by atoms with van der Waals surface area (Å²) in [6, 6.07) is 5.67. The molecule has 7 nitrogen and oxygen atoms in total. The quantitative estimate of drug-likeness (QED) is 0.618. The van der Waals surface area contributed by atoms with Gasteiger partial charge < -0.3 is 9.64 Å². The van der Waals surface area contributed by atoms with Crippen molar-refractivity contribution in [2.45, 2.75) is 51.2 Å². The van der Waals surface area contributed by atoms with Crippen LogP contribution in [0.15, 0.2) is 24.3 Å². The molecule has 1 saturated heterocycles. The van der Waals surface area contributed by atoms with Crippen molar-refractivity contribution in [1.82, 2.24) is 4.90 Å². The van der Waals surface area contributed by atoms with Crippen LogP contribution >= 0.6 is 0 Å². The number of fused-ring (bicyclic) bond motifs is 1. The molecule has 1 saturated carbocycles. The highest BCUT2D eigenvalue weighted by molar-refractivity contribution is 5.87. The largest absolute Gasteiger partial charge is 0.481 e. The van der Waals surface area contributed by atoms with Crippen molar-refractivity contribution < 1.29 is 19.2 Å². The Bertz CT molecular complexity index is 673. The van der Waals surface area contributed by atoms with E-state index in [0.29, 0.717) is 18.7 Å². The summed E-state index contributed by atoms with van der Waals surface area (Å²) in [4.78, 5) is 37.0. The number of benzene rings is 1. The van der Waals surface area contributed by atoms with E-state index in [1.54, 1.807) is 11.8 Å². The van der Waals surface area contributed by atoms with Crippen LogP contribution in [0.5, 0.6) is 5.75 Å². The van der Waals surface area contributed by atoms with Crippen molar-refractivity contribution in [3.05, 3.63) is 34.4 Å². The second-order valence-corrected chi connectivity index (χ2v) is 6.72. The van der Waals surface area contributed by atoms with Gasteiger partial charge in [0.15, 0.2) is 6.10 Å². The molecule has 1 aromatic rings. The van der Waals surface area contributed by atoms with Gasteiger partial charge in [-0.05, 0) is 31.9 Å². The molecule has 7 heteroatoms. The predicted octanol–water partition coefficient (Wildman–Crippen LogP) is 2.72. The number of hydrogen-bond donors (Lipinski definition) is 0. The maximum absolute atomic E-state index is 12.8. The molecule has 3 rings (SSSR count). The summed E-state index contributed by atoms with van der Waals surface area (Å²) in [7, 11) is 0. The third kappa shape index (κ3) is 3.65. The SMILES string of the molecule is C[C@H](Oc1ccc([N+](=O)[O-])cc1)C(=O)N1CCC(=O)[C@H]2CCCC[C@H]21. The predicted molar refractivity (Wildman–Crippen MR) is 90.3 cm³/mol. The van der Waals surface area contributed by atoms with Crippen molar-refractivity contribution in [1.29, 1.82) is 0 Å². The van der Waals surface area contributed by atoms with Crippen LogP contribution in [-0.2, 0) is 9.59 Å². The van der Waals surface area contributed by atoms with E-state index < -0.39 is 11.0 Å². The van der Waals surface area contributed by atoms with E-state index in [0.717, 1.165) is 25.7 Å². The molecule has 2 fully saturated rings. The Morgan fingerprint density at radius 3 is 2.64 bits per heavy atom. The molecular formula is C18H22N2O5. The Labute approximate surface area is 146 Å². The minimum Gasteiger partial charge on any atom is -0.481 e. The number of nitro benzene ring substituents is 1. The molecule has 3 atom stereocenters. The minimum atomic E-state index is -0.697. The number of ketones is 1. The lowest BCUT2D eigenvalue weighted by Crippen LogP contribution is -2.56. The lowest BCUT2D eigenvalue weighted by atomic mass is 9.77. The summed E-state index contributed by atoms with van der Waals surface area (Å²) in [5, 5.41) is 10.7. The Morgan fingerprint density at radius 2 is 1.96 bits per heavy atom. The fourth-order valence-electron chi connectivity index (χ4n) is 3.85. The van der Waals surface area contributed by atoms with Gasteiger partial charge in [-0.15, -0.1) is 0 Å². The lowest BCUT2D eigenvalue weighted by Gasteiger charge is -2.43. The molecular weight excluding hydrogens is 324 g/mol. The van der Waals surface area contributed by atoms with E-state index in [2.05, 4.69) is 0 Å². The van der Waals surface area contributed by atoms with Crippen LogP contribution in [-0.4, -0.2) is 40.2 Å². The molecule has 1 aliphatic heterocycles. The normalized spacial score (nSPS) is 24.4. The van der Waals surface area contributed by atoms with E-state index in [-0.39, 0.29) is 29.3 Å². The zero-order chi connectivity index (χ0) is 18.0. The number of rotatable bonds is 4. The van der Waals surface area contributed by atoms with Gasteiger partial charge in [0.05, 0.1) is 4.92 Å². The highest BCUT2D eigenvalue weighted by Crippen LogP contribution is 2.34. The third-order valence-corrected chi connectivity index (χ3v) is 5.13. The number of non-ortho nitro benzene ring substituents is 1. The third-order valence-electron chi connectivity index (χ3n) is 5.13. The van der Waals surface area contributed by atoms with Gasteiger partial charge in [0.1, 0.15) is 11.5 Å². The average molecular weight is 346 g/mol. The van der Waals surface area contributed by atoms with E-state index in [4.69, 9.17) is 4.74 Å². The Balaban J connectivity index is 1.67. The number of Topliss-reactive ketones (excluding diaryl/α,β-unsaturated/α-hetero) is 1. The molecule has 25 heavy (non-hydrogen) atoms. The van der Waals surface area contributed by atoms with Crippen molar-refractivity contribution in [2.75, 3.05) is 6.54 Å². The van der Waals surface area contributed by atoms with Gasteiger partial charge in [0.25, 0.3) is 11.6 Å². The first-order valence-corrected chi connectivity index (χ1v) is 8.71. The number of carbonyl (C=O) groups excluding carboxylic acids is 2. The molecule has 0 radical (unpaired) electrons. The fourth-order valence-corrected chi connectivity index (χ4v) is 3.85. The molecule has 2 aliphatic rings. The van der Waals surface area contributed by atoms with Crippen LogP contribution in [0.1, 0.15) is 39.0 Å². The number of piperidine rings is 1. The maximum Gasteiger partial charge on any atom is 0.269 e. The fraction of sp³-hybridized carbons (Fsp3) is 0.556. The molecule has 1 amide bonds. The summed E-state index contributed by atoms with van der Waals surface area (Å²) < 4.78 is 5.67. The van der Waals surface area contributed by atoms with Gasteiger partial charge >= 0.3 is 0 Å². The lowest BCUT2D eigenvalue weighted by molar-refractivity contribution is -0.384. The first kappa shape index (κ1) is 17.4. The second-order valence-electron chi connectivity index (χ2n) is 6.72. The summed E-state index contributed by atoms with van der Waals surface area (Å²) >= 11 is 0. The molecule has 0 unspecified atom stereocenters. The van der Waals surface area contributed by atoms with E-state index in [9.17, 15) is 19.7 Å². The van der Waals surface area contributed by atoms with Gasteiger partial charge in [-0.25, -0.2) is 0 Å². The number of hydrogen-bond acceptors (Lipinski definition) is 5. The highest BCUT2D eigenvalue weighted by atomic mass is 16.6. The number of amides is 1. The Kier molecular flexibility index (Phi) is 5.01. The van der Waals surface area contributed by atoms with Gasteiger partial charge in [-0.3, -0.25) is 19.7 Å². The summed E-state index contributed by atoms with van der Waals surface area (Å²) in [6.45, 7) is 2.13. The van der Waals surface area contributed by atoms with Gasteiger partial charge in [-0.2, -0.15) is 0 Å². The molecule has 134 valence electrons. The van der Waals surface area contributed by atoms with Crippen molar-refractivity contribution in [2.24, 2.45) is 5.92 Å². The van der Waals surface area contributed by atoms with Crippen LogP contribution in [0.2, 0.25) is 0 Å². The molecule has 0 aromatic heterocycles. The van der Waals surface area contributed by atoms with Gasteiger partial charge in [-0.1, -0.05) is 12.8 Å². The second kappa shape index (κ2) is 7.21. The topological polar surface area (TPSA) is 89.8 Å². The number of nitrogens with zero attached hydrogens (tertiary/aromatic N) is 2. The summed E-state index contributed by atoms with van der Waals surface area (Å²) in [5.41, 5.74) is -0.0223. The first-order valence-electron chi connectivity index (χ1n) is 8.71. The minimum absolute atomic E-state index is 0.00888. The molecule has 1 aromatic carbocycles. The Hall–Kier alpha value is -2.44. The number of carbonyl (C=O) groups is 2. The van der Waals surface area contributed by atoms with E-state index in [1.807, 2.05) is 0 Å². The number of likely N-dealkylation sites (tertiary alicyclic amines) is 1. The Morgan fingerprint density at radius 1 is 1.28 bits per heavy atom. The van der Waals surface area contributed by atoms with Gasteiger partial charge in [0, 0.05) is 37.1 Å². The average Bonchev–Trinajstić information content (AvgIpc) is 2.62. The van der Waals surface area contributed by atoms with E-state index in [1.165, 1.54) is 24.3 Å². The van der Waals surface area contributed by atoms with Crippen molar-refractivity contribution >= 4 is 17.4 Å². The highest BCUT2D eigenvalue weighted by Gasteiger charge is 2.41. The standard InChI is InChI=1S/C18H22N2O5/c1-12(25-14-8-6-13(7-9-14)20(23)24)18(22)19-11-10-17(21)15-4-2-3-5-16(15)19/h6-9,12,15-16H,2-5,10-11H2,1H3/t12-,15-,16+/m0/s1. The molecule has 0 bridgehead atoms. The smallest absolute Gasteiger partial charge is 0.269 e. The maximum atomic E-state index is 12.8. The zero-order valence-electron chi connectivity index (χ0n) is 14.2. The van der Waals surface area contributed by atoms with Crippen molar-refractivity contribution in [3.8, 4) is 5.75 Å².